The molecule has 0 bridgehead atoms. The van der Waals surface area contributed by atoms with Crippen molar-refractivity contribution in [2.45, 2.75) is 6.92 Å². The number of ether oxygens (including phenoxy) is 1. The molecule has 0 saturated carbocycles. The Labute approximate surface area is 83.9 Å². The van der Waals surface area contributed by atoms with Gasteiger partial charge >= 0.3 is 11.7 Å². The number of aromatic amines is 1. The minimum Gasteiger partial charge on any atom is -0.465 e. The number of carbonyl (C=O) groups excluding carboxylic acids is 1. The Kier molecular flexibility index (Phi) is 2.11. The topological polar surface area (TPSA) is 88.4 Å². The number of aromatic nitrogens is 2. The summed E-state index contributed by atoms with van der Waals surface area (Å²) < 4.78 is 30.4. The maximum absolute atomic E-state index is 11.2. The summed E-state index contributed by atoms with van der Waals surface area (Å²) in [6, 6.07) is 0. The minimum absolute atomic E-state index is 0.128. The van der Waals surface area contributed by atoms with Crippen molar-refractivity contribution in [3.8, 4) is 0 Å². The van der Waals surface area contributed by atoms with Gasteiger partial charge in [-0.25, -0.2) is 4.79 Å². The largest absolute Gasteiger partial charge is 0.465 e. The Morgan fingerprint density at radius 2 is 2.64 bits per heavy atom. The molecule has 7 nitrogen and oxygen atoms in total. The van der Waals surface area contributed by atoms with Crippen LogP contribution in [-0.2, 0) is 9.53 Å². The molecule has 0 unspecified atom stereocenters. The lowest BCUT2D eigenvalue weighted by Crippen LogP contribution is -2.28. The summed E-state index contributed by atoms with van der Waals surface area (Å²) in [6.45, 7) is -1.49. The second-order valence-electron chi connectivity index (χ2n) is 2.31. The molecule has 0 atom stereocenters. The van der Waals surface area contributed by atoms with Crippen molar-refractivity contribution in [2.24, 2.45) is 0 Å². The van der Waals surface area contributed by atoms with Gasteiger partial charge in [-0.3, -0.25) is 14.3 Å². The molecule has 1 aromatic rings. The van der Waals surface area contributed by atoms with Crippen LogP contribution in [0.5, 0.6) is 0 Å². The first-order chi connectivity index (χ1) is 7.84. The van der Waals surface area contributed by atoms with Gasteiger partial charge in [0.15, 0.2) is 0 Å². The molecule has 7 heteroatoms. The van der Waals surface area contributed by atoms with Crippen molar-refractivity contribution >= 4 is 11.9 Å². The van der Waals surface area contributed by atoms with E-state index in [4.69, 9.17) is 4.11 Å². The number of likely N-dealkylation sites (N-methyl/N-ethyl adjacent to an activating group) is 1. The normalized spacial score (nSPS) is 13.9. The fourth-order valence-electron chi connectivity index (χ4n) is 0.749. The maximum atomic E-state index is 11.2. The lowest BCUT2D eigenvalue weighted by molar-refractivity contribution is -0.141. The molecule has 1 N–H and O–H groups in total. The number of rotatable bonds is 4. The Morgan fingerprint density at radius 1 is 1.86 bits per heavy atom. The predicted molar refractivity (Wildman–Crippen MR) is 47.0 cm³/mol. The van der Waals surface area contributed by atoms with Crippen LogP contribution in [0.25, 0.3) is 0 Å². The van der Waals surface area contributed by atoms with E-state index in [0.29, 0.717) is 4.90 Å². The first-order valence-corrected chi connectivity index (χ1v) is 3.84. The van der Waals surface area contributed by atoms with E-state index in [1.807, 2.05) is 0 Å². The molecule has 0 amide bonds. The van der Waals surface area contributed by atoms with E-state index in [0.717, 1.165) is 0 Å². The first kappa shape index (κ1) is 6.63. The van der Waals surface area contributed by atoms with Gasteiger partial charge in [-0.05, 0) is 12.1 Å². The third-order valence-electron chi connectivity index (χ3n) is 1.28. The molecule has 78 valence electrons. The molecular weight excluding hydrogens is 190 g/mol. The summed E-state index contributed by atoms with van der Waals surface area (Å²) in [5, 5.41) is 3.21. The molecule has 1 aromatic heterocycles. The van der Waals surface area contributed by atoms with Gasteiger partial charge in [0.05, 0.1) is 6.61 Å². The van der Waals surface area contributed by atoms with Crippen molar-refractivity contribution < 1.29 is 18.2 Å². The van der Waals surface area contributed by atoms with Crippen LogP contribution < -0.4 is 10.7 Å². The zero-order valence-corrected chi connectivity index (χ0v) is 7.44. The molecule has 1 rings (SSSR count). The van der Waals surface area contributed by atoms with Gasteiger partial charge in [0.1, 0.15) is 6.54 Å². The summed E-state index contributed by atoms with van der Waals surface area (Å²) in [4.78, 5) is 24.6. The molecule has 14 heavy (non-hydrogen) atoms. The zero-order valence-electron chi connectivity index (χ0n) is 10.4. The van der Waals surface area contributed by atoms with Gasteiger partial charge in [0.25, 0.3) is 0 Å². The fourth-order valence-corrected chi connectivity index (χ4v) is 0.749. The Balaban J connectivity index is 2.90. The van der Waals surface area contributed by atoms with Crippen LogP contribution in [0.2, 0.25) is 0 Å². The highest BCUT2D eigenvalue weighted by Gasteiger charge is 2.11. The van der Waals surface area contributed by atoms with Gasteiger partial charge < -0.3 is 9.64 Å². The number of hydrogen-bond acceptors (Lipinski definition) is 6. The van der Waals surface area contributed by atoms with E-state index in [-0.39, 0.29) is 12.6 Å². The molecule has 0 saturated heterocycles. The van der Waals surface area contributed by atoms with Gasteiger partial charge in [-0.15, -0.1) is 0 Å². The molecule has 0 aliphatic rings. The van der Waals surface area contributed by atoms with Crippen molar-refractivity contribution in [1.82, 2.24) is 10.1 Å². The maximum Gasteiger partial charge on any atom is 0.440 e. The average molecular weight is 204 g/mol. The van der Waals surface area contributed by atoms with Crippen LogP contribution in [0.4, 0.5) is 5.95 Å². The van der Waals surface area contributed by atoms with Crippen molar-refractivity contribution in [3.63, 3.8) is 0 Å². The van der Waals surface area contributed by atoms with Crippen LogP contribution in [0, 0.1) is 0 Å². The summed E-state index contributed by atoms with van der Waals surface area (Å²) in [6.07, 6.45) is 0. The third kappa shape index (κ3) is 2.61. The molecule has 1 heterocycles. The number of carbonyl (C=O) groups is 1. The summed E-state index contributed by atoms with van der Waals surface area (Å²) in [5.41, 5.74) is 0. The molecule has 0 spiro atoms. The van der Waals surface area contributed by atoms with Crippen LogP contribution >= 0.6 is 0 Å². The molecule has 0 aromatic carbocycles. The monoisotopic (exact) mass is 204 g/mol. The average Bonchev–Trinajstić information content (AvgIpc) is 2.59. The van der Waals surface area contributed by atoms with Crippen molar-refractivity contribution in [2.75, 3.05) is 25.0 Å². The van der Waals surface area contributed by atoms with Crippen molar-refractivity contribution in [1.29, 1.82) is 0 Å². The van der Waals surface area contributed by atoms with E-state index >= 15 is 0 Å². The van der Waals surface area contributed by atoms with Gasteiger partial charge in [-0.2, -0.15) is 0 Å². The Hall–Kier alpha value is -1.79. The molecule has 0 aliphatic heterocycles. The van der Waals surface area contributed by atoms with Crippen LogP contribution in [0.15, 0.2) is 9.32 Å². The summed E-state index contributed by atoms with van der Waals surface area (Å²) in [7, 11) is 0. The number of esters is 1. The smallest absolute Gasteiger partial charge is 0.440 e. The predicted octanol–water partition coefficient (Wildman–Crippen LogP) is -0.638. The van der Waals surface area contributed by atoms with E-state index in [1.54, 1.807) is 6.92 Å². The summed E-state index contributed by atoms with van der Waals surface area (Å²) in [5.74, 6) is -1.99. The van der Waals surface area contributed by atoms with Crippen LogP contribution in [-0.4, -0.2) is 36.2 Å². The van der Waals surface area contributed by atoms with E-state index in [1.165, 1.54) is 0 Å². The van der Waals surface area contributed by atoms with E-state index < -0.39 is 25.2 Å². The second kappa shape index (κ2) is 4.45. The Morgan fingerprint density at radius 3 is 3.14 bits per heavy atom. The quantitative estimate of drug-likeness (QED) is 0.656. The zero-order chi connectivity index (χ0) is 13.1. The molecule has 0 aliphatic carbocycles. The van der Waals surface area contributed by atoms with E-state index in [9.17, 15) is 9.59 Å². The lowest BCUT2D eigenvalue weighted by atomic mass is 10.6. The fraction of sp³-hybridized carbons (Fsp3) is 0.571. The lowest BCUT2D eigenvalue weighted by Gasteiger charge is -2.12. The highest BCUT2D eigenvalue weighted by molar-refractivity contribution is 5.74. The number of anilines is 1. The first-order valence-electron chi connectivity index (χ1n) is 5.34. The van der Waals surface area contributed by atoms with Crippen LogP contribution in [0.3, 0.4) is 0 Å². The van der Waals surface area contributed by atoms with Gasteiger partial charge in [0, 0.05) is 11.1 Å². The number of nitrogens with one attached hydrogen (secondary N) is 1. The second-order valence-corrected chi connectivity index (χ2v) is 2.31. The Bertz CT molecular complexity index is 438. The minimum atomic E-state index is -2.65. The number of hydrogen-bond donors (Lipinski definition) is 1. The van der Waals surface area contributed by atoms with Gasteiger partial charge in [0.2, 0.25) is 5.95 Å². The molecule has 0 fully saturated rings. The summed E-state index contributed by atoms with van der Waals surface area (Å²) >= 11 is 0. The third-order valence-corrected chi connectivity index (χ3v) is 1.28. The van der Waals surface area contributed by atoms with Gasteiger partial charge in [-0.1, -0.05) is 0 Å². The SMILES string of the molecule is [2H]C([2H])([2H])N(CC(=O)OCC)c1noc(=O)[nH]1. The number of nitrogens with zero attached hydrogens (tertiary/aromatic N) is 2. The number of H-pyrrole nitrogens is 1. The molecular formula is C7H11N3O4. The van der Waals surface area contributed by atoms with Crippen molar-refractivity contribution in [3.05, 3.63) is 10.6 Å². The standard InChI is InChI=1S/C7H11N3O4/c1-3-13-5(11)4-10(2)6-8-7(12)14-9-6/h3-4H2,1-2H3,(H,8,9,12)/i2D3. The highest BCUT2D eigenvalue weighted by atomic mass is 16.5. The highest BCUT2D eigenvalue weighted by Crippen LogP contribution is 1.99. The van der Waals surface area contributed by atoms with E-state index in [2.05, 4.69) is 19.4 Å². The molecule has 0 radical (unpaired) electrons. The van der Waals surface area contributed by atoms with Crippen LogP contribution in [0.1, 0.15) is 11.0 Å².